The smallest absolute Gasteiger partial charge is 0.124 e. The summed E-state index contributed by atoms with van der Waals surface area (Å²) in [7, 11) is 0. The lowest BCUT2D eigenvalue weighted by Crippen LogP contribution is -2.30. The molecule has 1 aromatic carbocycles. The van der Waals surface area contributed by atoms with E-state index in [1.165, 1.54) is 19.3 Å². The first-order valence-electron chi connectivity index (χ1n) is 6.18. The number of ether oxygens (including phenoxy) is 1. The Bertz CT molecular complexity index is 394. The first kappa shape index (κ1) is 12.9. The van der Waals surface area contributed by atoms with Gasteiger partial charge in [0.2, 0.25) is 0 Å². The molecule has 1 fully saturated rings. The molecule has 2 rings (SSSR count). The van der Waals surface area contributed by atoms with E-state index in [9.17, 15) is 0 Å². The van der Waals surface area contributed by atoms with Crippen molar-refractivity contribution in [1.29, 1.82) is 0 Å². The summed E-state index contributed by atoms with van der Waals surface area (Å²) in [6.07, 6.45) is 3.96. The molecule has 0 unspecified atom stereocenters. The van der Waals surface area contributed by atoms with Crippen molar-refractivity contribution >= 4 is 15.9 Å². The summed E-state index contributed by atoms with van der Waals surface area (Å²) in [5, 5.41) is 0. The van der Waals surface area contributed by atoms with Crippen molar-refractivity contribution in [2.75, 3.05) is 6.61 Å². The standard InChI is InChI=1S/C14H20BrNO/c1-14(2,16)12-8-11(15)6-7-13(12)17-9-10-4-3-5-10/h6-8,10H,3-5,9,16H2,1-2H3. The van der Waals surface area contributed by atoms with Gasteiger partial charge in [0.15, 0.2) is 0 Å². The molecule has 0 atom stereocenters. The Morgan fingerprint density at radius 2 is 2.12 bits per heavy atom. The van der Waals surface area contributed by atoms with Gasteiger partial charge < -0.3 is 10.5 Å². The van der Waals surface area contributed by atoms with E-state index < -0.39 is 0 Å². The average Bonchev–Trinajstić information content (AvgIpc) is 2.16. The van der Waals surface area contributed by atoms with Crippen LogP contribution in [0, 0.1) is 5.92 Å². The van der Waals surface area contributed by atoms with Crippen LogP contribution >= 0.6 is 15.9 Å². The van der Waals surface area contributed by atoms with Crippen molar-refractivity contribution in [2.45, 2.75) is 38.6 Å². The van der Waals surface area contributed by atoms with Gasteiger partial charge in [-0.3, -0.25) is 0 Å². The first-order valence-corrected chi connectivity index (χ1v) is 6.98. The van der Waals surface area contributed by atoms with E-state index >= 15 is 0 Å². The molecule has 1 saturated carbocycles. The first-order chi connectivity index (χ1) is 7.97. The molecule has 0 saturated heterocycles. The minimum Gasteiger partial charge on any atom is -0.493 e. The van der Waals surface area contributed by atoms with Gasteiger partial charge in [0.1, 0.15) is 5.75 Å². The maximum absolute atomic E-state index is 6.18. The predicted octanol–water partition coefficient (Wildman–Crippen LogP) is 3.82. The molecule has 0 heterocycles. The van der Waals surface area contributed by atoms with Gasteiger partial charge in [-0.05, 0) is 50.8 Å². The highest BCUT2D eigenvalue weighted by molar-refractivity contribution is 9.10. The van der Waals surface area contributed by atoms with Gasteiger partial charge in [0.25, 0.3) is 0 Å². The molecule has 0 spiro atoms. The highest BCUT2D eigenvalue weighted by atomic mass is 79.9. The fraction of sp³-hybridized carbons (Fsp3) is 0.571. The van der Waals surface area contributed by atoms with Crippen molar-refractivity contribution in [3.8, 4) is 5.75 Å². The van der Waals surface area contributed by atoms with Crippen LogP contribution in [0.3, 0.4) is 0 Å². The van der Waals surface area contributed by atoms with Gasteiger partial charge in [-0.1, -0.05) is 22.4 Å². The second-order valence-corrected chi connectivity index (χ2v) is 6.39. The summed E-state index contributed by atoms with van der Waals surface area (Å²) in [5.41, 5.74) is 6.86. The highest BCUT2D eigenvalue weighted by Gasteiger charge is 2.22. The topological polar surface area (TPSA) is 35.2 Å². The monoisotopic (exact) mass is 297 g/mol. The summed E-state index contributed by atoms with van der Waals surface area (Å²) in [6.45, 7) is 4.83. The van der Waals surface area contributed by atoms with Crippen LogP contribution in [0.2, 0.25) is 0 Å². The van der Waals surface area contributed by atoms with Crippen molar-refractivity contribution in [3.05, 3.63) is 28.2 Å². The number of hydrogen-bond acceptors (Lipinski definition) is 2. The van der Waals surface area contributed by atoms with Gasteiger partial charge >= 0.3 is 0 Å². The van der Waals surface area contributed by atoms with Crippen LogP contribution in [0.5, 0.6) is 5.75 Å². The molecule has 94 valence electrons. The van der Waals surface area contributed by atoms with Gasteiger partial charge in [-0.25, -0.2) is 0 Å². The van der Waals surface area contributed by atoms with Crippen molar-refractivity contribution in [1.82, 2.24) is 0 Å². The molecular weight excluding hydrogens is 278 g/mol. The minimum atomic E-state index is -0.376. The van der Waals surface area contributed by atoms with E-state index in [1.54, 1.807) is 0 Å². The normalized spacial score (nSPS) is 16.7. The zero-order chi connectivity index (χ0) is 12.5. The van der Waals surface area contributed by atoms with Crippen LogP contribution < -0.4 is 10.5 Å². The van der Waals surface area contributed by atoms with E-state index in [2.05, 4.69) is 22.0 Å². The third kappa shape index (κ3) is 3.23. The van der Waals surface area contributed by atoms with E-state index in [1.807, 2.05) is 26.0 Å². The Balaban J connectivity index is 2.13. The van der Waals surface area contributed by atoms with Gasteiger partial charge in [0.05, 0.1) is 6.61 Å². The van der Waals surface area contributed by atoms with Crippen LogP contribution in [0.25, 0.3) is 0 Å². The van der Waals surface area contributed by atoms with Gasteiger partial charge in [-0.2, -0.15) is 0 Å². The summed E-state index contributed by atoms with van der Waals surface area (Å²) in [6, 6.07) is 6.06. The second-order valence-electron chi connectivity index (χ2n) is 5.47. The number of halogens is 1. The molecule has 0 amide bonds. The maximum atomic E-state index is 6.18. The van der Waals surface area contributed by atoms with Crippen molar-refractivity contribution in [2.24, 2.45) is 11.7 Å². The molecule has 1 aromatic rings. The lowest BCUT2D eigenvalue weighted by atomic mass is 9.86. The van der Waals surface area contributed by atoms with Crippen LogP contribution in [-0.4, -0.2) is 6.61 Å². The Kier molecular flexibility index (Phi) is 3.79. The van der Waals surface area contributed by atoms with Crippen LogP contribution in [-0.2, 0) is 5.54 Å². The lowest BCUT2D eigenvalue weighted by Gasteiger charge is -2.28. The second kappa shape index (κ2) is 4.99. The Labute approximate surface area is 112 Å². The third-order valence-electron chi connectivity index (χ3n) is 3.34. The van der Waals surface area contributed by atoms with Gasteiger partial charge in [0, 0.05) is 15.6 Å². The van der Waals surface area contributed by atoms with Gasteiger partial charge in [-0.15, -0.1) is 0 Å². The van der Waals surface area contributed by atoms with E-state index in [-0.39, 0.29) is 5.54 Å². The third-order valence-corrected chi connectivity index (χ3v) is 3.83. The molecule has 0 aliphatic heterocycles. The molecular formula is C14H20BrNO. The van der Waals surface area contributed by atoms with E-state index in [0.717, 1.165) is 28.3 Å². The molecule has 0 radical (unpaired) electrons. The molecule has 3 heteroatoms. The SMILES string of the molecule is CC(C)(N)c1cc(Br)ccc1OCC1CCC1. The number of nitrogens with two attached hydrogens (primary N) is 1. The number of hydrogen-bond donors (Lipinski definition) is 1. The molecule has 1 aliphatic carbocycles. The fourth-order valence-electron chi connectivity index (χ4n) is 2.00. The molecule has 1 aliphatic rings. The van der Waals surface area contributed by atoms with Crippen LogP contribution in [0.15, 0.2) is 22.7 Å². The zero-order valence-corrected chi connectivity index (χ0v) is 12.1. The maximum Gasteiger partial charge on any atom is 0.124 e. The number of rotatable bonds is 4. The van der Waals surface area contributed by atoms with Crippen molar-refractivity contribution < 1.29 is 4.74 Å². The average molecular weight is 298 g/mol. The van der Waals surface area contributed by atoms with E-state index in [0.29, 0.717) is 0 Å². The van der Waals surface area contributed by atoms with Crippen LogP contribution in [0.4, 0.5) is 0 Å². The van der Waals surface area contributed by atoms with Crippen molar-refractivity contribution in [3.63, 3.8) is 0 Å². The zero-order valence-electron chi connectivity index (χ0n) is 10.5. The summed E-state index contributed by atoms with van der Waals surface area (Å²) in [4.78, 5) is 0. The van der Waals surface area contributed by atoms with E-state index in [4.69, 9.17) is 10.5 Å². The quantitative estimate of drug-likeness (QED) is 0.917. The minimum absolute atomic E-state index is 0.376. The highest BCUT2D eigenvalue weighted by Crippen LogP contribution is 2.33. The lowest BCUT2D eigenvalue weighted by molar-refractivity contribution is 0.178. The molecule has 2 N–H and O–H groups in total. The summed E-state index contributed by atoms with van der Waals surface area (Å²) in [5.74, 6) is 1.67. The Morgan fingerprint density at radius 1 is 1.41 bits per heavy atom. The molecule has 0 aromatic heterocycles. The molecule has 0 bridgehead atoms. The number of benzene rings is 1. The summed E-state index contributed by atoms with van der Waals surface area (Å²) >= 11 is 3.48. The summed E-state index contributed by atoms with van der Waals surface area (Å²) < 4.78 is 6.97. The fourth-order valence-corrected chi connectivity index (χ4v) is 2.36. The Morgan fingerprint density at radius 3 is 2.65 bits per heavy atom. The predicted molar refractivity (Wildman–Crippen MR) is 74.2 cm³/mol. The van der Waals surface area contributed by atoms with Crippen LogP contribution in [0.1, 0.15) is 38.7 Å². The Hall–Kier alpha value is -0.540. The largest absolute Gasteiger partial charge is 0.493 e. The molecule has 17 heavy (non-hydrogen) atoms. The molecule has 2 nitrogen and oxygen atoms in total.